The average molecular weight is 248 g/mol. The number of nitrogens with two attached hydrogens (primary N) is 1. The van der Waals surface area contributed by atoms with Crippen LogP contribution in [0.4, 0.5) is 5.69 Å². The second-order valence-corrected chi connectivity index (χ2v) is 5.08. The fourth-order valence-electron chi connectivity index (χ4n) is 2.40. The zero-order valence-electron chi connectivity index (χ0n) is 10.5. The summed E-state index contributed by atoms with van der Waals surface area (Å²) in [6.07, 6.45) is 3.90. The number of amides is 1. The molecule has 2 rings (SSSR count). The fourth-order valence-corrected chi connectivity index (χ4v) is 2.40. The lowest BCUT2D eigenvalue weighted by Crippen LogP contribution is -2.41. The van der Waals surface area contributed by atoms with E-state index >= 15 is 0 Å². The van der Waals surface area contributed by atoms with E-state index in [2.05, 4.69) is 5.32 Å². The van der Waals surface area contributed by atoms with Crippen molar-refractivity contribution >= 4 is 11.6 Å². The van der Waals surface area contributed by atoms with Crippen LogP contribution in [0.1, 0.15) is 31.2 Å². The largest absolute Gasteiger partial charge is 0.398 e. The Morgan fingerprint density at radius 2 is 2.00 bits per heavy atom. The summed E-state index contributed by atoms with van der Waals surface area (Å²) in [6.45, 7) is 0.346. The summed E-state index contributed by atoms with van der Waals surface area (Å²) in [5, 5.41) is 12.9. The number of aliphatic hydroxyl groups is 1. The number of hydrogen-bond acceptors (Lipinski definition) is 3. The molecule has 1 saturated carbocycles. The molecular weight excluding hydrogens is 228 g/mol. The number of benzene rings is 1. The van der Waals surface area contributed by atoms with Gasteiger partial charge in [0.2, 0.25) is 5.91 Å². The maximum atomic E-state index is 11.8. The van der Waals surface area contributed by atoms with Crippen molar-refractivity contribution in [1.82, 2.24) is 5.32 Å². The lowest BCUT2D eigenvalue weighted by molar-refractivity contribution is -0.121. The number of rotatable bonds is 4. The Kier molecular flexibility index (Phi) is 3.87. The van der Waals surface area contributed by atoms with Crippen LogP contribution in [-0.4, -0.2) is 23.2 Å². The molecule has 4 nitrogen and oxygen atoms in total. The zero-order valence-corrected chi connectivity index (χ0v) is 10.5. The van der Waals surface area contributed by atoms with E-state index < -0.39 is 5.60 Å². The van der Waals surface area contributed by atoms with Gasteiger partial charge < -0.3 is 16.2 Å². The van der Waals surface area contributed by atoms with Crippen LogP contribution in [0.3, 0.4) is 0 Å². The second-order valence-electron chi connectivity index (χ2n) is 5.08. The third-order valence-electron chi connectivity index (χ3n) is 3.55. The second kappa shape index (κ2) is 5.40. The summed E-state index contributed by atoms with van der Waals surface area (Å²) in [5.41, 5.74) is 6.55. The van der Waals surface area contributed by atoms with E-state index in [1.54, 1.807) is 6.07 Å². The number of anilines is 1. The topological polar surface area (TPSA) is 75.4 Å². The van der Waals surface area contributed by atoms with Gasteiger partial charge in [-0.25, -0.2) is 0 Å². The van der Waals surface area contributed by atoms with Crippen molar-refractivity contribution < 1.29 is 9.90 Å². The molecule has 4 heteroatoms. The molecule has 0 aromatic heterocycles. The highest BCUT2D eigenvalue weighted by molar-refractivity contribution is 5.80. The van der Waals surface area contributed by atoms with Crippen LogP contribution in [0.5, 0.6) is 0 Å². The summed E-state index contributed by atoms with van der Waals surface area (Å²) in [5.74, 6) is -0.0896. The molecule has 0 spiro atoms. The third-order valence-corrected chi connectivity index (χ3v) is 3.55. The molecule has 0 bridgehead atoms. The molecule has 1 amide bonds. The van der Waals surface area contributed by atoms with Crippen LogP contribution in [0.25, 0.3) is 0 Å². The fraction of sp³-hybridized carbons (Fsp3) is 0.500. The first kappa shape index (κ1) is 12.9. The van der Waals surface area contributed by atoms with Gasteiger partial charge in [-0.05, 0) is 24.5 Å². The van der Waals surface area contributed by atoms with Gasteiger partial charge in [0.15, 0.2) is 0 Å². The zero-order chi connectivity index (χ0) is 13.0. The van der Waals surface area contributed by atoms with Gasteiger partial charge in [0.25, 0.3) is 0 Å². The molecule has 18 heavy (non-hydrogen) atoms. The summed E-state index contributed by atoms with van der Waals surface area (Å²) in [4.78, 5) is 11.8. The van der Waals surface area contributed by atoms with E-state index in [1.807, 2.05) is 18.2 Å². The van der Waals surface area contributed by atoms with Crippen molar-refractivity contribution in [1.29, 1.82) is 0 Å². The quantitative estimate of drug-likeness (QED) is 0.702. The van der Waals surface area contributed by atoms with E-state index in [-0.39, 0.29) is 12.3 Å². The number of carbonyl (C=O) groups excluding carboxylic acids is 1. The van der Waals surface area contributed by atoms with E-state index in [4.69, 9.17) is 5.73 Å². The molecular formula is C14H20N2O2. The maximum Gasteiger partial charge on any atom is 0.224 e. The smallest absolute Gasteiger partial charge is 0.224 e. The van der Waals surface area contributed by atoms with Gasteiger partial charge in [-0.15, -0.1) is 0 Å². The highest BCUT2D eigenvalue weighted by Crippen LogP contribution is 2.28. The molecule has 0 unspecified atom stereocenters. The molecule has 0 aliphatic heterocycles. The van der Waals surface area contributed by atoms with Gasteiger partial charge in [-0.2, -0.15) is 0 Å². The highest BCUT2D eigenvalue weighted by atomic mass is 16.3. The van der Waals surface area contributed by atoms with Crippen molar-refractivity contribution in [2.45, 2.75) is 37.7 Å². The summed E-state index contributed by atoms with van der Waals surface area (Å²) < 4.78 is 0. The summed E-state index contributed by atoms with van der Waals surface area (Å²) in [6, 6.07) is 7.34. The molecule has 1 aromatic carbocycles. The summed E-state index contributed by atoms with van der Waals surface area (Å²) >= 11 is 0. The van der Waals surface area contributed by atoms with Crippen LogP contribution in [0.15, 0.2) is 24.3 Å². The first-order chi connectivity index (χ1) is 8.59. The van der Waals surface area contributed by atoms with Crippen molar-refractivity contribution in [2.75, 3.05) is 12.3 Å². The molecule has 98 valence electrons. The minimum absolute atomic E-state index is 0.0896. The van der Waals surface area contributed by atoms with Gasteiger partial charge in [0, 0.05) is 12.2 Å². The first-order valence-corrected chi connectivity index (χ1v) is 6.42. The van der Waals surface area contributed by atoms with Crippen LogP contribution in [0, 0.1) is 0 Å². The molecule has 1 aliphatic carbocycles. The number of carbonyl (C=O) groups is 1. The van der Waals surface area contributed by atoms with E-state index in [0.29, 0.717) is 12.2 Å². The first-order valence-electron chi connectivity index (χ1n) is 6.42. The van der Waals surface area contributed by atoms with Gasteiger partial charge in [-0.1, -0.05) is 31.0 Å². The Morgan fingerprint density at radius 3 is 2.67 bits per heavy atom. The lowest BCUT2D eigenvalue weighted by atomic mass is 10.0. The van der Waals surface area contributed by atoms with Crippen LogP contribution < -0.4 is 11.1 Å². The van der Waals surface area contributed by atoms with Crippen LogP contribution in [0.2, 0.25) is 0 Å². The van der Waals surface area contributed by atoms with Crippen LogP contribution >= 0.6 is 0 Å². The number of nitrogens with one attached hydrogen (secondary N) is 1. The van der Waals surface area contributed by atoms with Crippen LogP contribution in [-0.2, 0) is 11.2 Å². The molecule has 1 aromatic rings. The normalized spacial score (nSPS) is 17.6. The minimum atomic E-state index is -0.697. The molecule has 1 aliphatic rings. The van der Waals surface area contributed by atoms with Crippen molar-refractivity contribution in [3.63, 3.8) is 0 Å². The maximum absolute atomic E-state index is 11.8. The van der Waals surface area contributed by atoms with Gasteiger partial charge >= 0.3 is 0 Å². The highest BCUT2D eigenvalue weighted by Gasteiger charge is 2.31. The molecule has 0 radical (unpaired) electrons. The predicted molar refractivity (Wildman–Crippen MR) is 71.0 cm³/mol. The molecule has 1 fully saturated rings. The van der Waals surface area contributed by atoms with Crippen molar-refractivity contribution in [3.05, 3.63) is 29.8 Å². The number of para-hydroxylation sites is 1. The minimum Gasteiger partial charge on any atom is -0.398 e. The van der Waals surface area contributed by atoms with E-state index in [9.17, 15) is 9.90 Å². The molecule has 4 N–H and O–H groups in total. The molecule has 0 atom stereocenters. The Labute approximate surface area is 107 Å². The van der Waals surface area contributed by atoms with Gasteiger partial charge in [-0.3, -0.25) is 4.79 Å². The standard InChI is InChI=1S/C14H20N2O2/c15-12-6-2-1-5-11(12)9-13(17)16-10-14(18)7-3-4-8-14/h1-2,5-6,18H,3-4,7-10,15H2,(H,16,17). The van der Waals surface area contributed by atoms with E-state index in [0.717, 1.165) is 31.2 Å². The Morgan fingerprint density at radius 1 is 1.33 bits per heavy atom. The molecule has 0 saturated heterocycles. The lowest BCUT2D eigenvalue weighted by Gasteiger charge is -2.22. The number of nitrogen functional groups attached to an aromatic ring is 1. The van der Waals surface area contributed by atoms with Crippen molar-refractivity contribution in [2.24, 2.45) is 0 Å². The van der Waals surface area contributed by atoms with E-state index in [1.165, 1.54) is 0 Å². The predicted octanol–water partition coefficient (Wildman–Crippen LogP) is 1.23. The third kappa shape index (κ3) is 3.23. The van der Waals surface area contributed by atoms with Crippen molar-refractivity contribution in [3.8, 4) is 0 Å². The Hall–Kier alpha value is -1.55. The summed E-state index contributed by atoms with van der Waals surface area (Å²) in [7, 11) is 0. The molecule has 0 heterocycles. The number of hydrogen-bond donors (Lipinski definition) is 3. The van der Waals surface area contributed by atoms with Gasteiger partial charge in [0.05, 0.1) is 12.0 Å². The Balaban J connectivity index is 1.84. The SMILES string of the molecule is Nc1ccccc1CC(=O)NCC1(O)CCCC1. The average Bonchev–Trinajstić information content (AvgIpc) is 2.77. The van der Waals surface area contributed by atoms with Gasteiger partial charge in [0.1, 0.15) is 0 Å². The Bertz CT molecular complexity index is 426. The monoisotopic (exact) mass is 248 g/mol.